The van der Waals surface area contributed by atoms with Crippen molar-refractivity contribution in [2.75, 3.05) is 13.2 Å². The average Bonchev–Trinajstić information content (AvgIpc) is 3.32. The number of carbonyl (C=O) groups excluding carboxylic acids is 1. The fraction of sp³-hybridized carbons (Fsp3) is 0.945. The maximum absolute atomic E-state index is 13.1. The number of nitrogens with one attached hydrogen (secondary N) is 1. The summed E-state index contributed by atoms with van der Waals surface area (Å²) in [6.07, 6.45) is 40.1. The van der Waals surface area contributed by atoms with Crippen molar-refractivity contribution in [1.82, 2.24) is 5.32 Å². The molecule has 1 rings (SSSR count). The Kier molecular flexibility index (Phi) is 42.9. The van der Waals surface area contributed by atoms with Gasteiger partial charge in [0.2, 0.25) is 5.91 Å². The Hall–Kier alpha value is -1.15. The molecule has 1 aliphatic heterocycles. The van der Waals surface area contributed by atoms with E-state index in [0.717, 1.165) is 38.5 Å². The van der Waals surface area contributed by atoms with E-state index in [0.29, 0.717) is 19.3 Å². The normalized spacial score (nSPS) is 20.8. The highest BCUT2D eigenvalue weighted by Crippen LogP contribution is 2.23. The number of aliphatic hydroxyl groups excluding tert-OH is 7. The minimum Gasteiger partial charge on any atom is -0.394 e. The summed E-state index contributed by atoms with van der Waals surface area (Å²) in [7, 11) is 0. The summed E-state index contributed by atoms with van der Waals surface area (Å²) in [4.78, 5) is 13.1. The summed E-state index contributed by atoms with van der Waals surface area (Å²) in [6, 6.07) is -1.16. The molecule has 0 saturated carbocycles. The largest absolute Gasteiger partial charge is 0.394 e. The van der Waals surface area contributed by atoms with Gasteiger partial charge in [-0.1, -0.05) is 238 Å². The third kappa shape index (κ3) is 33.4. The van der Waals surface area contributed by atoms with E-state index in [1.54, 1.807) is 0 Å². The molecule has 0 spiro atoms. The van der Waals surface area contributed by atoms with Gasteiger partial charge in [0.25, 0.3) is 0 Å². The van der Waals surface area contributed by atoms with E-state index in [1.165, 1.54) is 186 Å². The third-order valence-corrected chi connectivity index (χ3v) is 13.8. The van der Waals surface area contributed by atoms with Crippen LogP contribution in [0.1, 0.15) is 264 Å². The van der Waals surface area contributed by atoms with Gasteiger partial charge < -0.3 is 50.5 Å². The van der Waals surface area contributed by atoms with Crippen LogP contribution in [-0.2, 0) is 14.3 Å². The molecule has 0 aromatic rings. The fourth-order valence-corrected chi connectivity index (χ4v) is 9.20. The standard InChI is InChI=1S/C55H107NO10/c1-3-5-7-9-11-13-15-16-17-18-19-20-21-22-23-24-25-26-27-28-29-30-31-32-33-35-37-39-41-43-48(59)54(64)56-46(45-65-55-53(63)52(62)51(61)49(44-57)66-55)50(60)47(58)42-40-38-36-34-14-12-10-8-6-4-2/h22-23,46-53,55,57-63H,3-21,24-45H2,1-2H3,(H,56,64)/b23-22-. The van der Waals surface area contributed by atoms with Crippen LogP contribution in [0.4, 0.5) is 0 Å². The van der Waals surface area contributed by atoms with E-state index >= 15 is 0 Å². The van der Waals surface area contributed by atoms with Gasteiger partial charge in [0.1, 0.15) is 36.6 Å². The number of unbranched alkanes of at least 4 members (excludes halogenated alkanes) is 34. The molecule has 0 radical (unpaired) electrons. The molecule has 0 aromatic heterocycles. The van der Waals surface area contributed by atoms with Gasteiger partial charge in [-0.05, 0) is 38.5 Å². The monoisotopic (exact) mass is 942 g/mol. The van der Waals surface area contributed by atoms with Crippen molar-refractivity contribution in [1.29, 1.82) is 0 Å². The maximum atomic E-state index is 13.1. The number of carbonyl (C=O) groups is 1. The molecule has 8 N–H and O–H groups in total. The molecule has 1 aliphatic rings. The lowest BCUT2D eigenvalue weighted by Crippen LogP contribution is -2.60. The molecule has 9 atom stereocenters. The minimum absolute atomic E-state index is 0.263. The van der Waals surface area contributed by atoms with Crippen molar-refractivity contribution in [3.8, 4) is 0 Å². The quantitative estimate of drug-likeness (QED) is 0.0215. The van der Waals surface area contributed by atoms with Crippen LogP contribution in [0.2, 0.25) is 0 Å². The first-order valence-corrected chi connectivity index (χ1v) is 28.1. The Morgan fingerprint density at radius 1 is 0.515 bits per heavy atom. The summed E-state index contributed by atoms with van der Waals surface area (Å²) in [5, 5.41) is 75.8. The van der Waals surface area contributed by atoms with Crippen LogP contribution in [0, 0.1) is 0 Å². The molecule has 1 heterocycles. The van der Waals surface area contributed by atoms with Gasteiger partial charge in [-0.3, -0.25) is 4.79 Å². The van der Waals surface area contributed by atoms with Crippen LogP contribution in [0.15, 0.2) is 12.2 Å². The number of hydrogen-bond donors (Lipinski definition) is 8. The number of ether oxygens (including phenoxy) is 2. The molecule has 1 fully saturated rings. The van der Waals surface area contributed by atoms with Crippen LogP contribution < -0.4 is 5.32 Å². The molecule has 11 nitrogen and oxygen atoms in total. The van der Waals surface area contributed by atoms with Gasteiger partial charge in [-0.15, -0.1) is 0 Å². The first kappa shape index (κ1) is 62.9. The summed E-state index contributed by atoms with van der Waals surface area (Å²) in [5.74, 6) is -0.695. The van der Waals surface area contributed by atoms with Crippen LogP contribution >= 0.6 is 0 Å². The van der Waals surface area contributed by atoms with E-state index in [4.69, 9.17) is 9.47 Å². The first-order valence-electron chi connectivity index (χ1n) is 28.1. The van der Waals surface area contributed by atoms with E-state index < -0.39 is 74.2 Å². The van der Waals surface area contributed by atoms with Gasteiger partial charge >= 0.3 is 0 Å². The van der Waals surface area contributed by atoms with Crippen LogP contribution in [0.3, 0.4) is 0 Å². The van der Waals surface area contributed by atoms with Crippen molar-refractivity contribution < 1.29 is 50.0 Å². The summed E-state index contributed by atoms with van der Waals surface area (Å²) in [5.41, 5.74) is 0. The number of amides is 1. The van der Waals surface area contributed by atoms with Crippen LogP contribution in [0.25, 0.3) is 0 Å². The topological polar surface area (TPSA) is 189 Å². The Morgan fingerprint density at radius 3 is 1.27 bits per heavy atom. The average molecular weight is 942 g/mol. The smallest absolute Gasteiger partial charge is 0.249 e. The number of allylic oxidation sites excluding steroid dienone is 2. The van der Waals surface area contributed by atoms with E-state index in [-0.39, 0.29) is 6.42 Å². The molecular formula is C55H107NO10. The summed E-state index contributed by atoms with van der Waals surface area (Å²) in [6.45, 7) is 3.45. The van der Waals surface area contributed by atoms with Crippen LogP contribution in [-0.4, -0.2) is 110 Å². The van der Waals surface area contributed by atoms with E-state index in [9.17, 15) is 40.5 Å². The predicted octanol–water partition coefficient (Wildman–Crippen LogP) is 11.2. The fourth-order valence-electron chi connectivity index (χ4n) is 9.20. The molecule has 0 aromatic carbocycles. The molecule has 9 unspecified atom stereocenters. The second kappa shape index (κ2) is 45.0. The SMILES string of the molecule is CCCCCCCCCCCCCC/C=C\CCCCCCCCCCCCCCCC(O)C(=O)NC(COC1OC(CO)C(O)C(O)C1O)C(O)C(O)CCCCCCCCCCCC. The molecule has 0 bridgehead atoms. The Balaban J connectivity index is 2.20. The molecule has 392 valence electrons. The molecule has 66 heavy (non-hydrogen) atoms. The van der Waals surface area contributed by atoms with Crippen molar-refractivity contribution in [3.05, 3.63) is 12.2 Å². The minimum atomic E-state index is -1.66. The Bertz CT molecular complexity index is 1080. The highest BCUT2D eigenvalue weighted by molar-refractivity contribution is 5.80. The zero-order chi connectivity index (χ0) is 48.3. The number of aliphatic hydroxyl groups is 7. The maximum Gasteiger partial charge on any atom is 0.249 e. The predicted molar refractivity (Wildman–Crippen MR) is 270 cm³/mol. The van der Waals surface area contributed by atoms with Gasteiger partial charge in [0.15, 0.2) is 6.29 Å². The molecule has 0 aliphatic carbocycles. The van der Waals surface area contributed by atoms with Gasteiger partial charge in [-0.25, -0.2) is 0 Å². The molecule has 1 saturated heterocycles. The van der Waals surface area contributed by atoms with E-state index in [1.807, 2.05) is 0 Å². The first-order chi connectivity index (χ1) is 32.2. The molecule has 1 amide bonds. The van der Waals surface area contributed by atoms with Gasteiger partial charge in [0, 0.05) is 0 Å². The Morgan fingerprint density at radius 2 is 0.879 bits per heavy atom. The second-order valence-electron chi connectivity index (χ2n) is 20.0. The van der Waals surface area contributed by atoms with Gasteiger partial charge in [0.05, 0.1) is 25.4 Å². The van der Waals surface area contributed by atoms with Gasteiger partial charge in [-0.2, -0.15) is 0 Å². The summed E-state index contributed by atoms with van der Waals surface area (Å²) < 4.78 is 11.1. The lowest BCUT2D eigenvalue weighted by Gasteiger charge is -2.40. The lowest BCUT2D eigenvalue weighted by molar-refractivity contribution is -0.303. The Labute approximate surface area is 404 Å². The van der Waals surface area contributed by atoms with Crippen molar-refractivity contribution >= 4 is 5.91 Å². The number of rotatable bonds is 48. The highest BCUT2D eigenvalue weighted by Gasteiger charge is 2.44. The lowest BCUT2D eigenvalue weighted by atomic mass is 9.98. The van der Waals surface area contributed by atoms with Crippen molar-refractivity contribution in [2.24, 2.45) is 0 Å². The second-order valence-corrected chi connectivity index (χ2v) is 20.0. The zero-order valence-electron chi connectivity index (χ0n) is 42.7. The zero-order valence-corrected chi connectivity index (χ0v) is 42.7. The van der Waals surface area contributed by atoms with E-state index in [2.05, 4.69) is 31.3 Å². The van der Waals surface area contributed by atoms with Crippen molar-refractivity contribution in [2.45, 2.75) is 319 Å². The van der Waals surface area contributed by atoms with Crippen LogP contribution in [0.5, 0.6) is 0 Å². The highest BCUT2D eigenvalue weighted by atomic mass is 16.7. The molecule has 11 heteroatoms. The molecular weight excluding hydrogens is 835 g/mol. The number of hydrogen-bond acceptors (Lipinski definition) is 10. The van der Waals surface area contributed by atoms with Crippen molar-refractivity contribution in [3.63, 3.8) is 0 Å². The summed E-state index contributed by atoms with van der Waals surface area (Å²) >= 11 is 0. The third-order valence-electron chi connectivity index (χ3n) is 13.8.